The van der Waals surface area contributed by atoms with Gasteiger partial charge in [0.05, 0.1) is 0 Å². The molecule has 0 atom stereocenters. The van der Waals surface area contributed by atoms with Crippen LogP contribution < -0.4 is 29.6 Å². The van der Waals surface area contributed by atoms with Gasteiger partial charge in [-0.15, -0.1) is 0 Å². The van der Waals surface area contributed by atoms with Crippen LogP contribution in [0.3, 0.4) is 0 Å². The number of ether oxygens (including phenoxy) is 4. The van der Waals surface area contributed by atoms with Gasteiger partial charge in [-0.25, -0.2) is 0 Å². The fraction of sp³-hybridized carbons (Fsp3) is 0.167. The van der Waals surface area contributed by atoms with E-state index in [2.05, 4.69) is 10.6 Å². The zero-order chi connectivity index (χ0) is 21.9. The number of amides is 2. The summed E-state index contributed by atoms with van der Waals surface area (Å²) in [4.78, 5) is 25.2. The summed E-state index contributed by atoms with van der Waals surface area (Å²) in [7, 11) is 0. The molecule has 5 rings (SSSR count). The van der Waals surface area contributed by atoms with E-state index < -0.39 is 0 Å². The summed E-state index contributed by atoms with van der Waals surface area (Å²) in [6, 6.07) is 16.9. The lowest BCUT2D eigenvalue weighted by molar-refractivity contribution is 0.101. The molecule has 0 aromatic heterocycles. The molecule has 0 bridgehead atoms. The Morgan fingerprint density at radius 2 is 0.906 bits per heavy atom. The average Bonchev–Trinajstić information content (AvgIpc) is 2.84. The Hall–Kier alpha value is -4.20. The predicted molar refractivity (Wildman–Crippen MR) is 117 cm³/mol. The first-order valence-electron chi connectivity index (χ1n) is 10.2. The molecule has 3 aromatic carbocycles. The normalized spacial score (nSPS) is 13.8. The maximum atomic E-state index is 12.6. The fourth-order valence-electron chi connectivity index (χ4n) is 3.42. The molecule has 2 aliphatic heterocycles. The third-order valence-electron chi connectivity index (χ3n) is 5.01. The van der Waals surface area contributed by atoms with Crippen molar-refractivity contribution in [1.82, 2.24) is 0 Å². The second-order valence-electron chi connectivity index (χ2n) is 7.20. The number of hydrogen-bond acceptors (Lipinski definition) is 6. The summed E-state index contributed by atoms with van der Waals surface area (Å²) in [6.45, 7) is 1.96. The van der Waals surface area contributed by atoms with Gasteiger partial charge in [-0.05, 0) is 48.5 Å². The van der Waals surface area contributed by atoms with Crippen LogP contribution in [0, 0.1) is 0 Å². The Morgan fingerprint density at radius 3 is 1.31 bits per heavy atom. The van der Waals surface area contributed by atoms with Gasteiger partial charge in [-0.1, -0.05) is 0 Å². The SMILES string of the molecule is O=C(Nc1ccc2c(c1)OCCO2)c1ccc(C(=O)Nc2ccc3c(c2)OCCO3)cc1. The summed E-state index contributed by atoms with van der Waals surface area (Å²) < 4.78 is 22.0. The van der Waals surface area contributed by atoms with Crippen LogP contribution in [0.1, 0.15) is 20.7 Å². The van der Waals surface area contributed by atoms with E-state index in [-0.39, 0.29) is 11.8 Å². The van der Waals surface area contributed by atoms with Crippen molar-refractivity contribution < 1.29 is 28.5 Å². The van der Waals surface area contributed by atoms with Crippen LogP contribution in [-0.2, 0) is 0 Å². The lowest BCUT2D eigenvalue weighted by Gasteiger charge is -2.19. The lowest BCUT2D eigenvalue weighted by Crippen LogP contribution is -2.17. The van der Waals surface area contributed by atoms with Gasteiger partial charge in [0.15, 0.2) is 23.0 Å². The van der Waals surface area contributed by atoms with Crippen molar-refractivity contribution in [1.29, 1.82) is 0 Å². The van der Waals surface area contributed by atoms with E-state index in [1.54, 1.807) is 60.7 Å². The second kappa shape index (κ2) is 8.50. The molecular weight excluding hydrogens is 412 g/mol. The molecule has 0 fully saturated rings. The highest BCUT2D eigenvalue weighted by Crippen LogP contribution is 2.33. The fourth-order valence-corrected chi connectivity index (χ4v) is 3.42. The number of rotatable bonds is 4. The van der Waals surface area contributed by atoms with Gasteiger partial charge in [0.25, 0.3) is 11.8 Å². The maximum Gasteiger partial charge on any atom is 0.255 e. The molecule has 2 aliphatic rings. The summed E-state index contributed by atoms with van der Waals surface area (Å²) >= 11 is 0. The largest absolute Gasteiger partial charge is 0.486 e. The van der Waals surface area contributed by atoms with Gasteiger partial charge < -0.3 is 29.6 Å². The van der Waals surface area contributed by atoms with Crippen molar-refractivity contribution in [3.63, 3.8) is 0 Å². The van der Waals surface area contributed by atoms with E-state index in [4.69, 9.17) is 18.9 Å². The molecule has 32 heavy (non-hydrogen) atoms. The topological polar surface area (TPSA) is 95.1 Å². The van der Waals surface area contributed by atoms with Crippen LogP contribution in [0.25, 0.3) is 0 Å². The van der Waals surface area contributed by atoms with E-state index >= 15 is 0 Å². The third kappa shape index (κ3) is 4.15. The zero-order valence-corrected chi connectivity index (χ0v) is 17.1. The number of hydrogen-bond donors (Lipinski definition) is 2. The molecule has 0 saturated carbocycles. The van der Waals surface area contributed by atoms with Gasteiger partial charge in [0.2, 0.25) is 0 Å². The van der Waals surface area contributed by atoms with Crippen molar-refractivity contribution >= 4 is 23.2 Å². The number of anilines is 2. The van der Waals surface area contributed by atoms with Crippen LogP contribution in [-0.4, -0.2) is 38.2 Å². The first kappa shape index (κ1) is 19.7. The molecule has 0 spiro atoms. The zero-order valence-electron chi connectivity index (χ0n) is 17.1. The molecule has 2 N–H and O–H groups in total. The maximum absolute atomic E-state index is 12.6. The summed E-state index contributed by atoms with van der Waals surface area (Å²) in [6.07, 6.45) is 0. The molecule has 3 aromatic rings. The van der Waals surface area contributed by atoms with E-state index in [0.29, 0.717) is 71.9 Å². The lowest BCUT2D eigenvalue weighted by atomic mass is 10.1. The summed E-state index contributed by atoms with van der Waals surface area (Å²) in [5.41, 5.74) is 2.05. The first-order valence-corrected chi connectivity index (χ1v) is 10.2. The minimum Gasteiger partial charge on any atom is -0.486 e. The van der Waals surface area contributed by atoms with Crippen molar-refractivity contribution in [3.8, 4) is 23.0 Å². The van der Waals surface area contributed by atoms with Crippen LogP contribution in [0.5, 0.6) is 23.0 Å². The van der Waals surface area contributed by atoms with Crippen LogP contribution in [0.2, 0.25) is 0 Å². The van der Waals surface area contributed by atoms with Gasteiger partial charge in [0, 0.05) is 34.6 Å². The predicted octanol–water partition coefficient (Wildman–Crippen LogP) is 3.73. The highest BCUT2D eigenvalue weighted by atomic mass is 16.6. The van der Waals surface area contributed by atoms with Gasteiger partial charge in [0.1, 0.15) is 26.4 Å². The second-order valence-corrected chi connectivity index (χ2v) is 7.20. The highest BCUT2D eigenvalue weighted by molar-refractivity contribution is 6.07. The molecular formula is C24H20N2O6. The van der Waals surface area contributed by atoms with Gasteiger partial charge in [-0.2, -0.15) is 0 Å². The summed E-state index contributed by atoms with van der Waals surface area (Å²) in [5, 5.41) is 5.65. The average molecular weight is 432 g/mol. The van der Waals surface area contributed by atoms with E-state index in [9.17, 15) is 9.59 Å². The van der Waals surface area contributed by atoms with Gasteiger partial charge >= 0.3 is 0 Å². The van der Waals surface area contributed by atoms with Crippen molar-refractivity contribution in [2.45, 2.75) is 0 Å². The Balaban J connectivity index is 1.23. The Labute approximate surface area is 184 Å². The molecule has 8 nitrogen and oxygen atoms in total. The Kier molecular flexibility index (Phi) is 5.25. The molecule has 0 saturated heterocycles. The van der Waals surface area contributed by atoms with Crippen molar-refractivity contribution in [3.05, 3.63) is 71.8 Å². The number of carbonyl (C=O) groups excluding carboxylic acids is 2. The minimum absolute atomic E-state index is 0.291. The van der Waals surface area contributed by atoms with Crippen molar-refractivity contribution in [2.75, 3.05) is 37.1 Å². The number of benzene rings is 3. The third-order valence-corrected chi connectivity index (χ3v) is 5.01. The highest BCUT2D eigenvalue weighted by Gasteiger charge is 2.15. The Morgan fingerprint density at radius 1 is 0.531 bits per heavy atom. The summed E-state index contributed by atoms with van der Waals surface area (Å²) in [5.74, 6) is 1.92. The molecule has 0 unspecified atom stereocenters. The molecule has 0 aliphatic carbocycles. The molecule has 2 heterocycles. The quantitative estimate of drug-likeness (QED) is 0.652. The standard InChI is InChI=1S/C24H20N2O6/c27-23(25-17-5-7-19-21(13-17)31-11-9-29-19)15-1-2-16(4-3-15)24(28)26-18-6-8-20-22(14-18)32-12-10-30-20/h1-8,13-14H,9-12H2,(H,25,27)(H,26,28). The van der Waals surface area contributed by atoms with E-state index in [0.717, 1.165) is 0 Å². The molecule has 8 heteroatoms. The molecule has 2 amide bonds. The van der Waals surface area contributed by atoms with E-state index in [1.165, 1.54) is 0 Å². The smallest absolute Gasteiger partial charge is 0.255 e. The molecule has 0 radical (unpaired) electrons. The van der Waals surface area contributed by atoms with E-state index in [1.807, 2.05) is 0 Å². The number of carbonyl (C=O) groups is 2. The first-order chi connectivity index (χ1) is 15.7. The van der Waals surface area contributed by atoms with Crippen LogP contribution >= 0.6 is 0 Å². The number of fused-ring (bicyclic) bond motifs is 2. The van der Waals surface area contributed by atoms with Crippen molar-refractivity contribution in [2.24, 2.45) is 0 Å². The van der Waals surface area contributed by atoms with Crippen LogP contribution in [0.4, 0.5) is 11.4 Å². The van der Waals surface area contributed by atoms with Crippen LogP contribution in [0.15, 0.2) is 60.7 Å². The van der Waals surface area contributed by atoms with Gasteiger partial charge in [-0.3, -0.25) is 9.59 Å². The monoisotopic (exact) mass is 432 g/mol. The number of nitrogens with one attached hydrogen (secondary N) is 2. The minimum atomic E-state index is -0.291. The molecule has 162 valence electrons. The Bertz CT molecular complexity index is 1080.